The number of rotatable bonds is 8. The molecule has 5 heteroatoms. The number of esters is 1. The average molecular weight is 737 g/mol. The lowest BCUT2D eigenvalue weighted by molar-refractivity contribution is -0.194. The van der Waals surface area contributed by atoms with E-state index in [9.17, 15) is 9.59 Å². The third-order valence-corrected chi connectivity index (χ3v) is 17.8. The van der Waals surface area contributed by atoms with Crippen LogP contribution in [0.15, 0.2) is 54.1 Å². The summed E-state index contributed by atoms with van der Waals surface area (Å²) in [7, 11) is 0. The summed E-state index contributed by atoms with van der Waals surface area (Å²) in [5, 5.41) is 3.75. The van der Waals surface area contributed by atoms with E-state index in [4.69, 9.17) is 4.74 Å². The maximum atomic E-state index is 14.8. The Morgan fingerprint density at radius 1 is 0.852 bits per heavy atom. The van der Waals surface area contributed by atoms with Gasteiger partial charge < -0.3 is 15.0 Å². The van der Waals surface area contributed by atoms with E-state index in [1.165, 1.54) is 82.1 Å². The van der Waals surface area contributed by atoms with Crippen LogP contribution in [-0.2, 0) is 20.7 Å². The van der Waals surface area contributed by atoms with E-state index >= 15 is 0 Å². The number of likely N-dealkylation sites (tertiary alicyclic amines) is 1. The van der Waals surface area contributed by atoms with Crippen molar-refractivity contribution in [3.8, 4) is 0 Å². The molecule has 6 aliphatic carbocycles. The van der Waals surface area contributed by atoms with Gasteiger partial charge in [-0.15, -0.1) is 0 Å². The minimum atomic E-state index is -0.301. The quantitative estimate of drug-likeness (QED) is 0.213. The first-order valence-electron chi connectivity index (χ1n) is 22.3. The number of nitrogens with zero attached hydrogens (tertiary/aromatic N) is 1. The lowest BCUT2D eigenvalue weighted by Gasteiger charge is -2.67. The first kappa shape index (κ1) is 38.5. The zero-order valence-corrected chi connectivity index (χ0v) is 34.8. The summed E-state index contributed by atoms with van der Waals surface area (Å²) in [6.07, 6.45) is 19.9. The molecule has 5 saturated carbocycles. The molecule has 0 spiro atoms. The Labute approximate surface area is 327 Å². The molecular weight excluding hydrogens is 665 g/mol. The topological polar surface area (TPSA) is 58.6 Å². The molecule has 5 nitrogen and oxygen atoms in total. The maximum Gasteiger partial charge on any atom is 0.302 e. The zero-order valence-electron chi connectivity index (χ0n) is 34.8. The van der Waals surface area contributed by atoms with Crippen molar-refractivity contribution in [3.63, 3.8) is 0 Å². The molecule has 1 aromatic rings. The molecule has 11 atom stereocenters. The normalized spacial score (nSPS) is 41.8. The Balaban J connectivity index is 0.939. The molecule has 7 aliphatic rings. The number of carbonyl (C=O) groups is 2. The largest absolute Gasteiger partial charge is 0.462 e. The van der Waals surface area contributed by atoms with Crippen LogP contribution < -0.4 is 5.32 Å². The third kappa shape index (κ3) is 6.56. The van der Waals surface area contributed by atoms with E-state index in [1.807, 2.05) is 0 Å². The number of ether oxygens (including phenoxy) is 1. The van der Waals surface area contributed by atoms with Crippen molar-refractivity contribution in [2.75, 3.05) is 19.6 Å². The van der Waals surface area contributed by atoms with Gasteiger partial charge in [-0.2, -0.15) is 0 Å². The van der Waals surface area contributed by atoms with Gasteiger partial charge in [0, 0.05) is 24.9 Å². The van der Waals surface area contributed by atoms with Crippen molar-refractivity contribution in [2.24, 2.45) is 63.1 Å². The van der Waals surface area contributed by atoms with Crippen molar-refractivity contribution in [1.82, 2.24) is 10.2 Å². The summed E-state index contributed by atoms with van der Waals surface area (Å²) in [6, 6.07) is 11.3. The molecule has 6 fully saturated rings. The van der Waals surface area contributed by atoms with Crippen LogP contribution in [0.1, 0.15) is 137 Å². The molecule has 8 rings (SSSR count). The second kappa shape index (κ2) is 14.5. The molecule has 1 aliphatic heterocycles. The van der Waals surface area contributed by atoms with Crippen LogP contribution in [-0.4, -0.2) is 48.6 Å². The molecule has 0 radical (unpaired) electrons. The van der Waals surface area contributed by atoms with E-state index < -0.39 is 0 Å². The van der Waals surface area contributed by atoms with E-state index in [1.54, 1.807) is 12.5 Å². The van der Waals surface area contributed by atoms with Gasteiger partial charge in [0.25, 0.3) is 0 Å². The lowest BCUT2D eigenvalue weighted by Crippen LogP contribution is -2.62. The van der Waals surface area contributed by atoms with Gasteiger partial charge >= 0.3 is 5.97 Å². The van der Waals surface area contributed by atoms with Crippen molar-refractivity contribution >= 4 is 11.9 Å². The van der Waals surface area contributed by atoms with Crippen LogP contribution >= 0.6 is 0 Å². The first-order chi connectivity index (χ1) is 25.7. The number of amides is 1. The van der Waals surface area contributed by atoms with Crippen LogP contribution in [0.3, 0.4) is 0 Å². The highest BCUT2D eigenvalue weighted by molar-refractivity contribution is 5.84. The molecule has 1 aromatic carbocycles. The first-order valence-corrected chi connectivity index (χ1v) is 22.3. The SMILES string of the molecule is C=C(C)[C@@H]1CC[C@]2(C(=O)NC3CCC(CN4CCC(Cc5ccccc5)CC4)C3)CC=C3[C@H](CC[C@@H]4[C@@]5(C)CCC(OC(C)=O)C(C)(C)[C@@H]5CC[C@@]34C)[C@@H]12. The van der Waals surface area contributed by atoms with Crippen molar-refractivity contribution in [3.05, 3.63) is 59.7 Å². The Morgan fingerprint density at radius 2 is 1.61 bits per heavy atom. The Bertz CT molecular complexity index is 1610. The monoisotopic (exact) mass is 737 g/mol. The fourth-order valence-electron chi connectivity index (χ4n) is 15.3. The van der Waals surface area contributed by atoms with Gasteiger partial charge in [-0.3, -0.25) is 9.59 Å². The summed E-state index contributed by atoms with van der Waals surface area (Å²) in [5.41, 5.74) is 4.54. The molecule has 1 saturated heterocycles. The standard InChI is InChI=1S/C49H72N2O3/c1-32(2)38-17-25-49(45(53)50-37-14-13-36(30-37)31-51-27-21-35(22-28-51)29-34-11-9-8-10-12-34)26-18-40-39(44(38)49)15-16-42-47(40,6)23-19-41-46(4,5)43(54-33(3)52)20-24-48(41,42)7/h8-12,18,35-39,41-44H,1,13-17,19-31H2,2-7H3,(H,50,53)/t36?,37?,38-,39-,41-,42-,43?,44+,47-,48-,49-/m0/s1. The van der Waals surface area contributed by atoms with Crippen LogP contribution in [0.4, 0.5) is 0 Å². The molecular formula is C49H72N2O3. The van der Waals surface area contributed by atoms with Crippen molar-refractivity contribution in [1.29, 1.82) is 0 Å². The average Bonchev–Trinajstić information content (AvgIpc) is 3.76. The van der Waals surface area contributed by atoms with E-state index in [0.29, 0.717) is 47.5 Å². The number of hydrogen-bond donors (Lipinski definition) is 1. The molecule has 3 unspecified atom stereocenters. The van der Waals surface area contributed by atoms with Gasteiger partial charge in [-0.05, 0) is 174 Å². The number of allylic oxidation sites excluding steroid dienone is 3. The number of nitrogens with one attached hydrogen (secondary N) is 1. The molecule has 54 heavy (non-hydrogen) atoms. The van der Waals surface area contributed by atoms with Gasteiger partial charge in [0.15, 0.2) is 0 Å². The minimum Gasteiger partial charge on any atom is -0.462 e. The Kier molecular flexibility index (Phi) is 10.3. The summed E-state index contributed by atoms with van der Waals surface area (Å²) >= 11 is 0. The van der Waals surface area contributed by atoms with Gasteiger partial charge in [0.2, 0.25) is 5.91 Å². The van der Waals surface area contributed by atoms with Crippen LogP contribution in [0.2, 0.25) is 0 Å². The third-order valence-electron chi connectivity index (χ3n) is 17.8. The fraction of sp³-hybridized carbons (Fsp3) is 0.755. The molecule has 1 N–H and O–H groups in total. The number of hydrogen-bond acceptors (Lipinski definition) is 4. The number of piperidine rings is 1. The van der Waals surface area contributed by atoms with Crippen LogP contribution in [0.5, 0.6) is 0 Å². The van der Waals surface area contributed by atoms with Gasteiger partial charge in [-0.25, -0.2) is 0 Å². The maximum absolute atomic E-state index is 14.8. The highest BCUT2D eigenvalue weighted by atomic mass is 16.5. The number of carbonyl (C=O) groups excluding carboxylic acids is 2. The molecule has 1 amide bonds. The lowest BCUT2D eigenvalue weighted by atomic mass is 9.38. The molecule has 0 bridgehead atoms. The summed E-state index contributed by atoms with van der Waals surface area (Å²) in [4.78, 5) is 29.7. The van der Waals surface area contributed by atoms with Crippen LogP contribution in [0.25, 0.3) is 0 Å². The van der Waals surface area contributed by atoms with Crippen molar-refractivity contribution in [2.45, 2.75) is 150 Å². The highest BCUT2D eigenvalue weighted by Gasteiger charge is 2.67. The summed E-state index contributed by atoms with van der Waals surface area (Å²) < 4.78 is 5.97. The minimum absolute atomic E-state index is 0.00875. The summed E-state index contributed by atoms with van der Waals surface area (Å²) in [5.74, 6) is 4.17. The van der Waals surface area contributed by atoms with E-state index in [0.717, 1.165) is 50.9 Å². The second-order valence-corrected chi connectivity index (χ2v) is 21.0. The predicted octanol–water partition coefficient (Wildman–Crippen LogP) is 10.3. The molecule has 0 aromatic heterocycles. The number of fused-ring (bicyclic) bond motifs is 7. The highest BCUT2D eigenvalue weighted by Crippen LogP contribution is 2.72. The predicted molar refractivity (Wildman–Crippen MR) is 218 cm³/mol. The van der Waals surface area contributed by atoms with E-state index in [2.05, 4.69) is 87.8 Å². The smallest absolute Gasteiger partial charge is 0.302 e. The van der Waals surface area contributed by atoms with Crippen LogP contribution in [0, 0.1) is 63.1 Å². The second-order valence-electron chi connectivity index (χ2n) is 21.0. The molecule has 1 heterocycles. The Hall–Kier alpha value is -2.40. The fourth-order valence-corrected chi connectivity index (χ4v) is 15.3. The number of benzene rings is 1. The van der Waals surface area contributed by atoms with Gasteiger partial charge in [0.1, 0.15) is 6.10 Å². The van der Waals surface area contributed by atoms with Crippen molar-refractivity contribution < 1.29 is 14.3 Å². The van der Waals surface area contributed by atoms with E-state index in [-0.39, 0.29) is 33.7 Å². The summed E-state index contributed by atoms with van der Waals surface area (Å²) in [6.45, 7) is 22.0. The Morgan fingerprint density at radius 3 is 2.33 bits per heavy atom. The molecule has 296 valence electrons. The van der Waals surface area contributed by atoms with Gasteiger partial charge in [0.05, 0.1) is 5.41 Å². The zero-order chi connectivity index (χ0) is 38.0. The van der Waals surface area contributed by atoms with Gasteiger partial charge in [-0.1, -0.05) is 81.8 Å².